The molecule has 4 aliphatic heterocycles. The lowest BCUT2D eigenvalue weighted by atomic mass is 9.79. The predicted molar refractivity (Wildman–Crippen MR) is 108 cm³/mol. The summed E-state index contributed by atoms with van der Waals surface area (Å²) in [5.41, 5.74) is 0. The Morgan fingerprint density at radius 2 is 1.93 bits per heavy atom. The molecular weight excluding hydrogens is 357 g/mol. The number of nitrogens with zero attached hydrogens (tertiary/aromatic N) is 1. The summed E-state index contributed by atoms with van der Waals surface area (Å²) in [5.74, 6) is 0.334. The first-order chi connectivity index (χ1) is 13.7. The average molecular weight is 396 g/mol. The highest BCUT2D eigenvalue weighted by Crippen LogP contribution is 2.39. The van der Waals surface area contributed by atoms with Crippen molar-refractivity contribution in [2.75, 3.05) is 19.8 Å². The molecule has 7 heteroatoms. The van der Waals surface area contributed by atoms with Crippen molar-refractivity contribution < 1.29 is 9.13 Å². The van der Waals surface area contributed by atoms with Crippen molar-refractivity contribution in [3.63, 3.8) is 0 Å². The summed E-state index contributed by atoms with van der Waals surface area (Å²) in [6.45, 7) is 5.15. The van der Waals surface area contributed by atoms with E-state index in [0.717, 1.165) is 32.6 Å². The summed E-state index contributed by atoms with van der Waals surface area (Å²) in [6.07, 6.45) is 8.50. The van der Waals surface area contributed by atoms with Crippen LogP contribution in [0, 0.1) is 5.92 Å². The van der Waals surface area contributed by atoms with E-state index >= 15 is 0 Å². The number of hydrogen-bond acceptors (Lipinski definition) is 6. The standard InChI is InChI=1S/C21H38FN5O/c1-13-8-9-23-21-20-16(24-12-25-21)5-7-19(26-20)27-10-2-3-17(27)15-11-14(22)4-6-18(15)28-13/h13-21,23-26H,2-12H2,1H3/t13-,14?,15?,16?,17+,18?,19?,20?,21?/m0/s1. The highest BCUT2D eigenvalue weighted by atomic mass is 19.1. The van der Waals surface area contributed by atoms with Gasteiger partial charge in [-0.05, 0) is 71.4 Å². The van der Waals surface area contributed by atoms with Crippen LogP contribution in [0.5, 0.6) is 0 Å². The third kappa shape index (κ3) is 3.86. The molecule has 0 radical (unpaired) electrons. The van der Waals surface area contributed by atoms with Crippen LogP contribution in [0.2, 0.25) is 0 Å². The number of nitrogens with one attached hydrogen (secondary N) is 4. The van der Waals surface area contributed by atoms with Gasteiger partial charge in [0.15, 0.2) is 0 Å². The van der Waals surface area contributed by atoms with Gasteiger partial charge in [-0.15, -0.1) is 0 Å². The van der Waals surface area contributed by atoms with Gasteiger partial charge in [-0.25, -0.2) is 4.39 Å². The van der Waals surface area contributed by atoms with Gasteiger partial charge in [-0.3, -0.25) is 20.9 Å². The van der Waals surface area contributed by atoms with E-state index in [-0.39, 0.29) is 12.2 Å². The number of fused-ring (bicyclic) bond motifs is 5. The number of hydrogen-bond donors (Lipinski definition) is 4. The van der Waals surface area contributed by atoms with Gasteiger partial charge in [0.2, 0.25) is 0 Å². The normalized spacial score (nSPS) is 50.6. The first-order valence-corrected chi connectivity index (χ1v) is 11.7. The third-order valence-electron chi connectivity index (χ3n) is 7.94. The first-order valence-electron chi connectivity index (χ1n) is 11.7. The Kier molecular flexibility index (Phi) is 5.92. The first kappa shape index (κ1) is 19.6. The molecule has 0 aromatic heterocycles. The molecule has 9 atom stereocenters. The van der Waals surface area contributed by atoms with E-state index in [0.29, 0.717) is 49.2 Å². The summed E-state index contributed by atoms with van der Waals surface area (Å²) >= 11 is 0. The van der Waals surface area contributed by atoms with Crippen LogP contribution >= 0.6 is 0 Å². The third-order valence-corrected chi connectivity index (χ3v) is 7.94. The second-order valence-corrected chi connectivity index (χ2v) is 9.70. The van der Waals surface area contributed by atoms with Crippen LogP contribution < -0.4 is 21.3 Å². The molecule has 2 bridgehead atoms. The van der Waals surface area contributed by atoms with Gasteiger partial charge in [0.05, 0.1) is 30.6 Å². The Morgan fingerprint density at radius 3 is 2.86 bits per heavy atom. The lowest BCUT2D eigenvalue weighted by molar-refractivity contribution is -0.0900. The second kappa shape index (κ2) is 8.44. The molecule has 5 aliphatic rings. The van der Waals surface area contributed by atoms with E-state index in [2.05, 4.69) is 33.1 Å². The summed E-state index contributed by atoms with van der Waals surface area (Å²) in [5, 5.41) is 15.0. The molecule has 1 aliphatic carbocycles. The van der Waals surface area contributed by atoms with Crippen molar-refractivity contribution in [1.82, 2.24) is 26.2 Å². The maximum Gasteiger partial charge on any atom is 0.101 e. The number of alkyl halides is 1. The van der Waals surface area contributed by atoms with Crippen LogP contribution in [0.25, 0.3) is 0 Å². The van der Waals surface area contributed by atoms with Crippen molar-refractivity contribution in [1.29, 1.82) is 0 Å². The predicted octanol–water partition coefficient (Wildman–Crippen LogP) is 1.28. The Bertz CT molecular complexity index is 539. The minimum atomic E-state index is -0.653. The summed E-state index contributed by atoms with van der Waals surface area (Å²) in [7, 11) is 0. The fourth-order valence-corrected chi connectivity index (χ4v) is 6.55. The minimum Gasteiger partial charge on any atom is -0.375 e. The monoisotopic (exact) mass is 395 g/mol. The van der Waals surface area contributed by atoms with Crippen LogP contribution in [-0.2, 0) is 4.74 Å². The molecule has 4 saturated heterocycles. The molecule has 5 rings (SSSR count). The second-order valence-electron chi connectivity index (χ2n) is 9.70. The molecule has 4 N–H and O–H groups in total. The van der Waals surface area contributed by atoms with Gasteiger partial charge in [0.1, 0.15) is 6.17 Å². The molecule has 5 fully saturated rings. The van der Waals surface area contributed by atoms with Crippen LogP contribution in [-0.4, -0.2) is 73.5 Å². The Morgan fingerprint density at radius 1 is 1.00 bits per heavy atom. The number of rotatable bonds is 0. The molecule has 0 aromatic carbocycles. The van der Waals surface area contributed by atoms with E-state index in [1.807, 2.05) is 0 Å². The molecule has 1 saturated carbocycles. The number of piperidine rings is 1. The molecule has 0 spiro atoms. The summed E-state index contributed by atoms with van der Waals surface area (Å²) < 4.78 is 21.0. The highest BCUT2D eigenvalue weighted by molar-refractivity contribution is 5.02. The zero-order chi connectivity index (χ0) is 19.1. The van der Waals surface area contributed by atoms with Crippen LogP contribution in [0.3, 0.4) is 0 Å². The van der Waals surface area contributed by atoms with E-state index in [1.54, 1.807) is 0 Å². The van der Waals surface area contributed by atoms with Crippen LogP contribution in [0.1, 0.15) is 58.3 Å². The minimum absolute atomic E-state index is 0.215. The van der Waals surface area contributed by atoms with Gasteiger partial charge < -0.3 is 10.1 Å². The van der Waals surface area contributed by atoms with E-state index in [4.69, 9.17) is 4.74 Å². The fourth-order valence-electron chi connectivity index (χ4n) is 6.55. The largest absolute Gasteiger partial charge is 0.375 e. The van der Waals surface area contributed by atoms with Crippen molar-refractivity contribution in [3.05, 3.63) is 0 Å². The average Bonchev–Trinajstić information content (AvgIpc) is 3.18. The zero-order valence-electron chi connectivity index (χ0n) is 17.2. The highest BCUT2D eigenvalue weighted by Gasteiger charge is 2.46. The van der Waals surface area contributed by atoms with Gasteiger partial charge in [-0.1, -0.05) is 0 Å². The summed E-state index contributed by atoms with van der Waals surface area (Å²) in [6, 6.07) is 1.37. The topological polar surface area (TPSA) is 60.6 Å². The van der Waals surface area contributed by atoms with Crippen LogP contribution in [0.4, 0.5) is 4.39 Å². The van der Waals surface area contributed by atoms with Gasteiger partial charge in [0.25, 0.3) is 0 Å². The SMILES string of the molecule is C[C@H]1CCNC2NCNC3CCC(NC32)N2CCC[C@@H]2C2CC(F)CCC2O1. The fraction of sp³-hybridized carbons (Fsp3) is 1.00. The quantitative estimate of drug-likeness (QED) is 0.496. The molecule has 160 valence electrons. The van der Waals surface area contributed by atoms with Crippen molar-refractivity contribution in [2.24, 2.45) is 5.92 Å². The lowest BCUT2D eigenvalue weighted by Gasteiger charge is -2.50. The van der Waals surface area contributed by atoms with Crippen molar-refractivity contribution in [2.45, 2.75) is 107 Å². The van der Waals surface area contributed by atoms with E-state index in [9.17, 15) is 4.39 Å². The molecule has 4 heterocycles. The maximum atomic E-state index is 14.4. The molecule has 0 aromatic rings. The Hall–Kier alpha value is -0.310. The van der Waals surface area contributed by atoms with E-state index < -0.39 is 6.17 Å². The Balaban J connectivity index is 1.41. The van der Waals surface area contributed by atoms with Gasteiger partial charge >= 0.3 is 0 Å². The molecule has 7 unspecified atom stereocenters. The molecule has 6 nitrogen and oxygen atoms in total. The zero-order valence-corrected chi connectivity index (χ0v) is 17.2. The number of halogens is 1. The van der Waals surface area contributed by atoms with Crippen LogP contribution in [0.15, 0.2) is 0 Å². The smallest absolute Gasteiger partial charge is 0.101 e. The molecule has 0 amide bonds. The van der Waals surface area contributed by atoms with Crippen molar-refractivity contribution in [3.8, 4) is 0 Å². The Labute approximate surface area is 168 Å². The molecular formula is C21H38FN5O. The van der Waals surface area contributed by atoms with Crippen molar-refractivity contribution >= 4 is 0 Å². The lowest BCUT2D eigenvalue weighted by Crippen LogP contribution is -2.74. The van der Waals surface area contributed by atoms with Gasteiger partial charge in [-0.2, -0.15) is 0 Å². The van der Waals surface area contributed by atoms with E-state index in [1.165, 1.54) is 25.7 Å². The maximum absolute atomic E-state index is 14.4. The molecule has 28 heavy (non-hydrogen) atoms. The number of ether oxygens (including phenoxy) is 1. The van der Waals surface area contributed by atoms with Gasteiger partial charge in [0, 0.05) is 24.7 Å². The summed E-state index contributed by atoms with van der Waals surface area (Å²) in [4.78, 5) is 2.68.